The lowest BCUT2D eigenvalue weighted by molar-refractivity contribution is 0.417. The Morgan fingerprint density at radius 2 is 1.95 bits per heavy atom. The fourth-order valence-corrected chi connectivity index (χ4v) is 2.96. The Labute approximate surface area is 126 Å². The molecule has 2 rings (SSSR count). The summed E-state index contributed by atoms with van der Waals surface area (Å²) < 4.78 is 40.4. The summed E-state index contributed by atoms with van der Waals surface area (Å²) in [4.78, 5) is 1.20. The average Bonchev–Trinajstić information content (AvgIpc) is 2.99. The predicted octanol–water partition coefficient (Wildman–Crippen LogP) is 4.84. The van der Waals surface area contributed by atoms with E-state index in [0.29, 0.717) is 13.0 Å². The monoisotopic (exact) mass is 313 g/mol. The van der Waals surface area contributed by atoms with Crippen molar-refractivity contribution in [1.82, 2.24) is 5.32 Å². The highest BCUT2D eigenvalue weighted by Gasteiger charge is 2.20. The molecule has 0 saturated carbocycles. The van der Waals surface area contributed by atoms with E-state index in [1.807, 2.05) is 24.4 Å². The zero-order valence-corrected chi connectivity index (χ0v) is 12.7. The smallest absolute Gasteiger partial charge is 0.194 e. The summed E-state index contributed by atoms with van der Waals surface area (Å²) >= 11 is 1.64. The van der Waals surface area contributed by atoms with Gasteiger partial charge in [-0.1, -0.05) is 19.1 Å². The molecule has 114 valence electrons. The van der Waals surface area contributed by atoms with Crippen LogP contribution in [-0.4, -0.2) is 6.54 Å². The molecule has 0 saturated heterocycles. The van der Waals surface area contributed by atoms with Gasteiger partial charge in [0.25, 0.3) is 0 Å². The first kappa shape index (κ1) is 16.0. The molecule has 0 fully saturated rings. The van der Waals surface area contributed by atoms with Crippen LogP contribution in [0.4, 0.5) is 13.2 Å². The molecular weight excluding hydrogens is 295 g/mol. The van der Waals surface area contributed by atoms with Crippen LogP contribution in [0.2, 0.25) is 0 Å². The number of nitrogens with one attached hydrogen (secondary N) is 1. The van der Waals surface area contributed by atoms with Crippen molar-refractivity contribution in [3.63, 3.8) is 0 Å². The van der Waals surface area contributed by atoms with Gasteiger partial charge >= 0.3 is 0 Å². The second kappa shape index (κ2) is 7.61. The van der Waals surface area contributed by atoms with Gasteiger partial charge in [0.15, 0.2) is 17.5 Å². The Morgan fingerprint density at radius 1 is 1.14 bits per heavy atom. The minimum Gasteiger partial charge on any atom is -0.310 e. The van der Waals surface area contributed by atoms with Crippen LogP contribution in [0.3, 0.4) is 0 Å². The third-order valence-electron chi connectivity index (χ3n) is 3.34. The van der Waals surface area contributed by atoms with Gasteiger partial charge in [-0.3, -0.25) is 0 Å². The molecule has 1 atom stereocenters. The van der Waals surface area contributed by atoms with E-state index in [4.69, 9.17) is 0 Å². The van der Waals surface area contributed by atoms with E-state index in [9.17, 15) is 13.2 Å². The lowest BCUT2D eigenvalue weighted by Gasteiger charge is -2.19. The zero-order chi connectivity index (χ0) is 15.2. The summed E-state index contributed by atoms with van der Waals surface area (Å²) in [6.45, 7) is 2.71. The lowest BCUT2D eigenvalue weighted by atomic mass is 10.00. The van der Waals surface area contributed by atoms with Gasteiger partial charge in [0.2, 0.25) is 0 Å². The molecule has 0 radical (unpaired) electrons. The summed E-state index contributed by atoms with van der Waals surface area (Å²) in [5.74, 6) is -3.63. The molecule has 1 N–H and O–H groups in total. The number of aryl methyl sites for hydroxylation is 1. The van der Waals surface area contributed by atoms with E-state index in [2.05, 4.69) is 5.32 Å². The Hall–Kier alpha value is -1.33. The van der Waals surface area contributed by atoms with Crippen molar-refractivity contribution in [2.45, 2.75) is 32.2 Å². The first-order chi connectivity index (χ1) is 10.1. The number of hydrogen-bond acceptors (Lipinski definition) is 2. The van der Waals surface area contributed by atoms with E-state index < -0.39 is 17.5 Å². The number of hydrogen-bond donors (Lipinski definition) is 1. The second-order valence-electron chi connectivity index (χ2n) is 4.89. The van der Waals surface area contributed by atoms with Crippen molar-refractivity contribution in [3.05, 3.63) is 57.5 Å². The molecule has 0 amide bonds. The van der Waals surface area contributed by atoms with Gasteiger partial charge in [-0.25, -0.2) is 13.2 Å². The van der Waals surface area contributed by atoms with Gasteiger partial charge < -0.3 is 5.32 Å². The molecule has 0 bridgehead atoms. The number of halogens is 3. The summed E-state index contributed by atoms with van der Waals surface area (Å²) in [6, 6.07) is 5.98. The van der Waals surface area contributed by atoms with Gasteiger partial charge in [-0.05, 0) is 43.3 Å². The molecule has 1 nitrogen and oxygen atoms in total. The largest absolute Gasteiger partial charge is 0.310 e. The maximum atomic E-state index is 14.0. The van der Waals surface area contributed by atoms with Crippen LogP contribution >= 0.6 is 11.3 Å². The van der Waals surface area contributed by atoms with Crippen molar-refractivity contribution < 1.29 is 13.2 Å². The number of thiophene rings is 1. The van der Waals surface area contributed by atoms with Crippen LogP contribution < -0.4 is 5.32 Å². The van der Waals surface area contributed by atoms with Crippen LogP contribution in [0, 0.1) is 17.5 Å². The molecule has 0 spiro atoms. The fourth-order valence-electron chi connectivity index (χ4n) is 2.24. The van der Waals surface area contributed by atoms with Crippen LogP contribution in [0.5, 0.6) is 0 Å². The van der Waals surface area contributed by atoms with E-state index in [0.717, 1.165) is 18.9 Å². The summed E-state index contributed by atoms with van der Waals surface area (Å²) in [5.41, 5.74) is 0.193. The summed E-state index contributed by atoms with van der Waals surface area (Å²) in [6.07, 6.45) is 2.31. The van der Waals surface area contributed by atoms with Crippen LogP contribution in [-0.2, 0) is 6.42 Å². The highest BCUT2D eigenvalue weighted by Crippen LogP contribution is 2.26. The fraction of sp³-hybridized carbons (Fsp3) is 0.375. The molecule has 0 aliphatic carbocycles. The Balaban J connectivity index is 2.16. The Morgan fingerprint density at radius 3 is 2.62 bits per heavy atom. The molecule has 21 heavy (non-hydrogen) atoms. The Kier molecular flexibility index (Phi) is 5.82. The SMILES string of the molecule is CCCNC(CCc1cccs1)c1ccc(F)c(F)c1F. The first-order valence-corrected chi connectivity index (χ1v) is 7.90. The van der Waals surface area contributed by atoms with Crippen molar-refractivity contribution in [1.29, 1.82) is 0 Å². The van der Waals surface area contributed by atoms with Crippen LogP contribution in [0.25, 0.3) is 0 Å². The Bertz CT molecular complexity index is 569. The molecule has 1 aromatic carbocycles. The zero-order valence-electron chi connectivity index (χ0n) is 11.8. The van der Waals surface area contributed by atoms with Gasteiger partial charge in [-0.15, -0.1) is 11.3 Å². The molecule has 2 aromatic rings. The molecule has 0 aliphatic heterocycles. The first-order valence-electron chi connectivity index (χ1n) is 7.02. The van der Waals surface area contributed by atoms with E-state index in [1.165, 1.54) is 10.9 Å². The average molecular weight is 313 g/mol. The molecular formula is C16H18F3NS. The second-order valence-corrected chi connectivity index (χ2v) is 5.92. The van der Waals surface area contributed by atoms with Crippen molar-refractivity contribution in [2.75, 3.05) is 6.54 Å². The quantitative estimate of drug-likeness (QED) is 0.721. The van der Waals surface area contributed by atoms with Crippen molar-refractivity contribution in [3.8, 4) is 0 Å². The summed E-state index contributed by atoms with van der Waals surface area (Å²) in [5, 5.41) is 5.20. The van der Waals surface area contributed by atoms with Gasteiger partial charge in [0.05, 0.1) is 0 Å². The van der Waals surface area contributed by atoms with Crippen molar-refractivity contribution >= 4 is 11.3 Å². The minimum absolute atomic E-state index is 0.193. The molecule has 1 heterocycles. The molecule has 1 unspecified atom stereocenters. The lowest BCUT2D eigenvalue weighted by Crippen LogP contribution is -2.24. The van der Waals surface area contributed by atoms with Crippen LogP contribution in [0.15, 0.2) is 29.6 Å². The highest BCUT2D eigenvalue weighted by molar-refractivity contribution is 7.09. The molecule has 5 heteroatoms. The highest BCUT2D eigenvalue weighted by atomic mass is 32.1. The van der Waals surface area contributed by atoms with Crippen molar-refractivity contribution in [2.24, 2.45) is 0 Å². The standard InChI is InChI=1S/C16H18F3NS/c1-2-9-20-14(8-5-11-4-3-10-21-11)12-6-7-13(17)16(19)15(12)18/h3-4,6-7,10,14,20H,2,5,8-9H2,1H3. The van der Waals surface area contributed by atoms with E-state index in [-0.39, 0.29) is 11.6 Å². The maximum Gasteiger partial charge on any atom is 0.194 e. The van der Waals surface area contributed by atoms with Crippen LogP contribution in [0.1, 0.15) is 36.2 Å². The minimum atomic E-state index is -1.40. The normalized spacial score (nSPS) is 12.6. The van der Waals surface area contributed by atoms with Gasteiger partial charge in [0, 0.05) is 16.5 Å². The maximum absolute atomic E-state index is 14.0. The van der Waals surface area contributed by atoms with E-state index >= 15 is 0 Å². The third kappa shape index (κ3) is 4.08. The number of benzene rings is 1. The molecule has 1 aromatic heterocycles. The van der Waals surface area contributed by atoms with Gasteiger partial charge in [-0.2, -0.15) is 0 Å². The summed E-state index contributed by atoms with van der Waals surface area (Å²) in [7, 11) is 0. The third-order valence-corrected chi connectivity index (χ3v) is 4.28. The molecule has 0 aliphatic rings. The predicted molar refractivity (Wildman–Crippen MR) is 80.0 cm³/mol. The van der Waals surface area contributed by atoms with E-state index in [1.54, 1.807) is 11.3 Å². The van der Waals surface area contributed by atoms with Gasteiger partial charge in [0.1, 0.15) is 0 Å². The number of rotatable bonds is 7. The topological polar surface area (TPSA) is 12.0 Å².